The third-order valence-corrected chi connectivity index (χ3v) is 3.81. The summed E-state index contributed by atoms with van der Waals surface area (Å²) in [6, 6.07) is 8.26. The van der Waals surface area contributed by atoms with E-state index in [1.165, 1.54) is 18.4 Å². The number of fused-ring (bicyclic) bond motifs is 1. The van der Waals surface area contributed by atoms with Crippen molar-refractivity contribution in [2.24, 2.45) is 11.8 Å². The second kappa shape index (κ2) is 6.03. The number of hydrazine groups is 1. The van der Waals surface area contributed by atoms with Crippen LogP contribution in [0.3, 0.4) is 0 Å². The standard InChI is InChI=1S/C15H22N2O/c1-3-11(4-2)9-14(17-16)13-10-18-15-8-6-5-7-12(13)15/h5-8,10-11,14,17H,3-4,9,16H2,1-2H3. The van der Waals surface area contributed by atoms with Crippen LogP contribution in [0.1, 0.15) is 44.7 Å². The highest BCUT2D eigenvalue weighted by atomic mass is 16.3. The molecule has 0 aliphatic rings. The van der Waals surface area contributed by atoms with Crippen molar-refractivity contribution in [3.8, 4) is 0 Å². The molecule has 0 radical (unpaired) electrons. The summed E-state index contributed by atoms with van der Waals surface area (Å²) in [4.78, 5) is 0. The van der Waals surface area contributed by atoms with Crippen LogP contribution in [0.4, 0.5) is 0 Å². The van der Waals surface area contributed by atoms with Crippen LogP contribution in [0, 0.1) is 5.92 Å². The summed E-state index contributed by atoms with van der Waals surface area (Å²) in [6.45, 7) is 4.46. The summed E-state index contributed by atoms with van der Waals surface area (Å²) >= 11 is 0. The first-order valence-corrected chi connectivity index (χ1v) is 6.72. The number of hydrogen-bond donors (Lipinski definition) is 2. The minimum atomic E-state index is 0.165. The van der Waals surface area contributed by atoms with Gasteiger partial charge in [0, 0.05) is 10.9 Å². The molecule has 0 fully saturated rings. The Kier molecular flexibility index (Phi) is 4.39. The maximum absolute atomic E-state index is 5.72. The minimum absolute atomic E-state index is 0.165. The van der Waals surface area contributed by atoms with Crippen LogP contribution in [-0.4, -0.2) is 0 Å². The summed E-state index contributed by atoms with van der Waals surface area (Å²) in [5.74, 6) is 6.42. The zero-order chi connectivity index (χ0) is 13.0. The van der Waals surface area contributed by atoms with Gasteiger partial charge < -0.3 is 4.42 Å². The SMILES string of the molecule is CCC(CC)CC(NN)c1coc2ccccc12. The van der Waals surface area contributed by atoms with Crippen molar-refractivity contribution in [2.75, 3.05) is 0 Å². The van der Waals surface area contributed by atoms with Gasteiger partial charge in [0.05, 0.1) is 12.3 Å². The quantitative estimate of drug-likeness (QED) is 0.602. The van der Waals surface area contributed by atoms with Gasteiger partial charge in [-0.1, -0.05) is 44.9 Å². The summed E-state index contributed by atoms with van der Waals surface area (Å²) in [5, 5.41) is 1.16. The van der Waals surface area contributed by atoms with E-state index >= 15 is 0 Å². The molecule has 2 aromatic rings. The van der Waals surface area contributed by atoms with Gasteiger partial charge in [-0.2, -0.15) is 0 Å². The predicted octanol–water partition coefficient (Wildman–Crippen LogP) is 3.76. The fourth-order valence-electron chi connectivity index (χ4n) is 2.51. The molecule has 3 heteroatoms. The van der Waals surface area contributed by atoms with Gasteiger partial charge >= 0.3 is 0 Å². The van der Waals surface area contributed by atoms with Crippen molar-refractivity contribution >= 4 is 11.0 Å². The Balaban J connectivity index is 2.26. The van der Waals surface area contributed by atoms with Crippen LogP contribution >= 0.6 is 0 Å². The van der Waals surface area contributed by atoms with Crippen LogP contribution in [0.5, 0.6) is 0 Å². The van der Waals surface area contributed by atoms with Gasteiger partial charge in [-0.25, -0.2) is 0 Å². The topological polar surface area (TPSA) is 51.2 Å². The first-order valence-electron chi connectivity index (χ1n) is 6.72. The molecule has 3 N–H and O–H groups in total. The van der Waals surface area contributed by atoms with Crippen molar-refractivity contribution in [1.29, 1.82) is 0 Å². The molecule has 0 aliphatic carbocycles. The number of hydrogen-bond acceptors (Lipinski definition) is 3. The predicted molar refractivity (Wildman–Crippen MR) is 75.0 cm³/mol. The van der Waals surface area contributed by atoms with Crippen LogP contribution in [0.25, 0.3) is 11.0 Å². The molecule has 18 heavy (non-hydrogen) atoms. The molecule has 0 amide bonds. The number of benzene rings is 1. The Bertz CT molecular complexity index is 488. The van der Waals surface area contributed by atoms with Crippen molar-refractivity contribution in [3.05, 3.63) is 36.1 Å². The van der Waals surface area contributed by atoms with Gasteiger partial charge in [0.15, 0.2) is 0 Å². The molecule has 0 bridgehead atoms. The first-order chi connectivity index (χ1) is 8.80. The monoisotopic (exact) mass is 246 g/mol. The molecule has 0 spiro atoms. The number of nitrogens with one attached hydrogen (secondary N) is 1. The van der Waals surface area contributed by atoms with Crippen LogP contribution in [0.2, 0.25) is 0 Å². The molecule has 1 aromatic heterocycles. The molecule has 3 nitrogen and oxygen atoms in total. The van der Waals surface area contributed by atoms with E-state index in [-0.39, 0.29) is 6.04 Å². The molecule has 0 aliphatic heterocycles. The number of para-hydroxylation sites is 1. The maximum atomic E-state index is 5.72. The molecular formula is C15H22N2O. The highest BCUT2D eigenvalue weighted by Crippen LogP contribution is 2.31. The van der Waals surface area contributed by atoms with E-state index < -0.39 is 0 Å². The molecular weight excluding hydrogens is 224 g/mol. The van der Waals surface area contributed by atoms with Gasteiger partial charge in [-0.3, -0.25) is 11.3 Å². The fraction of sp³-hybridized carbons (Fsp3) is 0.467. The normalized spacial score (nSPS) is 13.3. The number of rotatable bonds is 6. The maximum Gasteiger partial charge on any atom is 0.134 e. The van der Waals surface area contributed by atoms with Crippen molar-refractivity contribution in [2.45, 2.75) is 39.2 Å². The lowest BCUT2D eigenvalue weighted by atomic mass is 9.91. The molecule has 98 valence electrons. The minimum Gasteiger partial charge on any atom is -0.464 e. The molecule has 1 aromatic carbocycles. The van der Waals surface area contributed by atoms with Gasteiger partial charge in [0.25, 0.3) is 0 Å². The molecule has 1 unspecified atom stereocenters. The third-order valence-electron chi connectivity index (χ3n) is 3.81. The summed E-state index contributed by atoms with van der Waals surface area (Å²) in [5.41, 5.74) is 5.03. The van der Waals surface area contributed by atoms with E-state index in [2.05, 4.69) is 25.3 Å². The lowest BCUT2D eigenvalue weighted by molar-refractivity contribution is 0.374. The zero-order valence-electron chi connectivity index (χ0n) is 11.1. The molecule has 0 saturated heterocycles. The van der Waals surface area contributed by atoms with E-state index in [0.717, 1.165) is 17.4 Å². The van der Waals surface area contributed by atoms with E-state index in [0.29, 0.717) is 5.92 Å². The van der Waals surface area contributed by atoms with Crippen molar-refractivity contribution in [1.82, 2.24) is 5.43 Å². The average molecular weight is 246 g/mol. The molecule has 1 heterocycles. The third kappa shape index (κ3) is 2.57. The van der Waals surface area contributed by atoms with E-state index in [9.17, 15) is 0 Å². The Morgan fingerprint density at radius 3 is 2.61 bits per heavy atom. The fourth-order valence-corrected chi connectivity index (χ4v) is 2.51. The number of nitrogens with two attached hydrogens (primary N) is 1. The first kappa shape index (κ1) is 13.1. The highest BCUT2D eigenvalue weighted by Gasteiger charge is 2.18. The van der Waals surface area contributed by atoms with Crippen LogP contribution in [0.15, 0.2) is 34.9 Å². The largest absolute Gasteiger partial charge is 0.464 e. The summed E-state index contributed by atoms with van der Waals surface area (Å²) in [6.07, 6.45) is 5.25. The lowest BCUT2D eigenvalue weighted by Gasteiger charge is -2.20. The molecule has 0 saturated carbocycles. The Hall–Kier alpha value is -1.32. The average Bonchev–Trinajstić information content (AvgIpc) is 2.84. The summed E-state index contributed by atoms with van der Waals surface area (Å²) in [7, 11) is 0. The van der Waals surface area contributed by atoms with Crippen LogP contribution in [-0.2, 0) is 0 Å². The second-order valence-corrected chi connectivity index (χ2v) is 4.82. The van der Waals surface area contributed by atoms with Gasteiger partial charge in [0.2, 0.25) is 0 Å². The summed E-state index contributed by atoms with van der Waals surface area (Å²) < 4.78 is 5.59. The highest BCUT2D eigenvalue weighted by molar-refractivity contribution is 5.81. The smallest absolute Gasteiger partial charge is 0.134 e. The Morgan fingerprint density at radius 1 is 1.22 bits per heavy atom. The van der Waals surface area contributed by atoms with E-state index in [1.54, 1.807) is 0 Å². The van der Waals surface area contributed by atoms with Crippen LogP contribution < -0.4 is 11.3 Å². The van der Waals surface area contributed by atoms with Gasteiger partial charge in [-0.15, -0.1) is 0 Å². The number of furan rings is 1. The Morgan fingerprint density at radius 2 is 1.94 bits per heavy atom. The van der Waals surface area contributed by atoms with Gasteiger partial charge in [0.1, 0.15) is 5.58 Å². The second-order valence-electron chi connectivity index (χ2n) is 4.82. The van der Waals surface area contributed by atoms with E-state index in [1.807, 2.05) is 24.5 Å². The van der Waals surface area contributed by atoms with E-state index in [4.69, 9.17) is 10.3 Å². The molecule has 2 rings (SSSR count). The van der Waals surface area contributed by atoms with Crippen molar-refractivity contribution < 1.29 is 4.42 Å². The molecule has 1 atom stereocenters. The van der Waals surface area contributed by atoms with Crippen molar-refractivity contribution in [3.63, 3.8) is 0 Å². The zero-order valence-corrected chi connectivity index (χ0v) is 11.1. The lowest BCUT2D eigenvalue weighted by Crippen LogP contribution is -2.29. The Labute approximate surface area is 108 Å². The van der Waals surface area contributed by atoms with Gasteiger partial charge in [-0.05, 0) is 18.4 Å².